The van der Waals surface area contributed by atoms with Gasteiger partial charge in [-0.05, 0) is 36.4 Å². The van der Waals surface area contributed by atoms with E-state index in [1.165, 1.54) is 11.0 Å². The largest absolute Gasteiger partial charge is 0.338 e. The smallest absolute Gasteiger partial charge is 0.293 e. The van der Waals surface area contributed by atoms with E-state index in [2.05, 4.69) is 25.4 Å². The van der Waals surface area contributed by atoms with Crippen LogP contribution in [-0.4, -0.2) is 30.6 Å². The van der Waals surface area contributed by atoms with Gasteiger partial charge in [-0.25, -0.2) is 27.8 Å². The fraction of sp³-hybridized carbons (Fsp3) is 0.111. The molecule has 0 bridgehead atoms. The SMILES string of the molecule is Cn1ncnc1C(=O)Nc1ccc2nc(-c3cc(F)ccc3C(F)F)[nH]c2c1. The molecule has 0 atom stereocenters. The van der Waals surface area contributed by atoms with Crippen LogP contribution in [0.5, 0.6) is 0 Å². The molecule has 28 heavy (non-hydrogen) atoms. The van der Waals surface area contributed by atoms with Gasteiger partial charge in [0.15, 0.2) is 0 Å². The second-order valence-corrected chi connectivity index (χ2v) is 6.01. The zero-order valence-corrected chi connectivity index (χ0v) is 14.4. The Balaban J connectivity index is 1.69. The topological polar surface area (TPSA) is 88.5 Å². The zero-order chi connectivity index (χ0) is 19.8. The van der Waals surface area contributed by atoms with Gasteiger partial charge in [0.1, 0.15) is 18.0 Å². The van der Waals surface area contributed by atoms with Crippen LogP contribution in [0.3, 0.4) is 0 Å². The number of carbonyl (C=O) groups is 1. The average Bonchev–Trinajstić information content (AvgIpc) is 3.27. The van der Waals surface area contributed by atoms with Gasteiger partial charge < -0.3 is 10.3 Å². The monoisotopic (exact) mass is 386 g/mol. The van der Waals surface area contributed by atoms with Crippen LogP contribution in [0, 0.1) is 5.82 Å². The number of imidazole rings is 1. The lowest BCUT2D eigenvalue weighted by atomic mass is 10.1. The highest BCUT2D eigenvalue weighted by atomic mass is 19.3. The molecule has 0 saturated heterocycles. The van der Waals surface area contributed by atoms with Gasteiger partial charge in [0.2, 0.25) is 5.82 Å². The Morgan fingerprint density at radius 2 is 2.04 bits per heavy atom. The van der Waals surface area contributed by atoms with Gasteiger partial charge in [-0.1, -0.05) is 0 Å². The number of carbonyl (C=O) groups excluding carboxylic acids is 1. The summed E-state index contributed by atoms with van der Waals surface area (Å²) in [5, 5.41) is 6.51. The van der Waals surface area contributed by atoms with E-state index in [1.54, 1.807) is 25.2 Å². The molecule has 1 amide bonds. The second-order valence-electron chi connectivity index (χ2n) is 6.01. The number of aromatic amines is 1. The fourth-order valence-electron chi connectivity index (χ4n) is 2.83. The van der Waals surface area contributed by atoms with Gasteiger partial charge in [-0.2, -0.15) is 5.10 Å². The number of anilines is 1. The molecule has 0 fully saturated rings. The second kappa shape index (κ2) is 6.80. The predicted molar refractivity (Wildman–Crippen MR) is 95.4 cm³/mol. The number of rotatable bonds is 4. The van der Waals surface area contributed by atoms with Crippen LogP contribution in [0.4, 0.5) is 18.9 Å². The molecular weight excluding hydrogens is 373 g/mol. The van der Waals surface area contributed by atoms with Gasteiger partial charge in [0.25, 0.3) is 12.3 Å². The third-order valence-electron chi connectivity index (χ3n) is 4.16. The molecule has 0 aliphatic carbocycles. The molecule has 0 aliphatic heterocycles. The fourth-order valence-corrected chi connectivity index (χ4v) is 2.83. The molecule has 0 spiro atoms. The molecule has 7 nitrogen and oxygen atoms in total. The summed E-state index contributed by atoms with van der Waals surface area (Å²) < 4.78 is 41.4. The Hall–Kier alpha value is -3.69. The summed E-state index contributed by atoms with van der Waals surface area (Å²) in [4.78, 5) is 23.3. The number of aromatic nitrogens is 5. The third kappa shape index (κ3) is 3.20. The molecule has 4 rings (SSSR count). The van der Waals surface area contributed by atoms with E-state index in [4.69, 9.17) is 0 Å². The Kier molecular flexibility index (Phi) is 4.30. The zero-order valence-electron chi connectivity index (χ0n) is 14.4. The Morgan fingerprint density at radius 3 is 2.75 bits per heavy atom. The van der Waals surface area contributed by atoms with Crippen molar-refractivity contribution in [3.8, 4) is 11.4 Å². The number of aryl methyl sites for hydroxylation is 1. The van der Waals surface area contributed by atoms with Crippen molar-refractivity contribution in [2.75, 3.05) is 5.32 Å². The predicted octanol–water partition coefficient (Wildman–Crippen LogP) is 3.69. The molecule has 2 heterocycles. The highest BCUT2D eigenvalue weighted by molar-refractivity contribution is 6.02. The first kappa shape index (κ1) is 17.7. The van der Waals surface area contributed by atoms with Crippen molar-refractivity contribution < 1.29 is 18.0 Å². The van der Waals surface area contributed by atoms with Crippen molar-refractivity contribution >= 4 is 22.6 Å². The molecule has 10 heteroatoms. The minimum absolute atomic E-state index is 0.0177. The van der Waals surface area contributed by atoms with Crippen molar-refractivity contribution in [2.45, 2.75) is 6.43 Å². The van der Waals surface area contributed by atoms with Gasteiger partial charge in [0, 0.05) is 23.9 Å². The Bertz CT molecular complexity index is 1180. The van der Waals surface area contributed by atoms with Crippen molar-refractivity contribution in [3.63, 3.8) is 0 Å². The van der Waals surface area contributed by atoms with Gasteiger partial charge >= 0.3 is 0 Å². The molecule has 0 aliphatic rings. The molecule has 2 aromatic carbocycles. The first-order valence-electron chi connectivity index (χ1n) is 8.15. The summed E-state index contributed by atoms with van der Waals surface area (Å²) in [7, 11) is 1.59. The number of nitrogens with one attached hydrogen (secondary N) is 2. The van der Waals surface area contributed by atoms with Crippen molar-refractivity contribution in [3.05, 3.63) is 59.9 Å². The Morgan fingerprint density at radius 1 is 1.21 bits per heavy atom. The number of alkyl halides is 2. The summed E-state index contributed by atoms with van der Waals surface area (Å²) in [5.41, 5.74) is 1.09. The number of H-pyrrole nitrogens is 1. The maximum Gasteiger partial charge on any atom is 0.293 e. The number of nitrogens with zero attached hydrogens (tertiary/aromatic N) is 4. The standard InChI is InChI=1S/C18H13F3N6O/c1-27-17(22-8-23-27)18(28)24-10-3-5-13-14(7-10)26-16(25-13)12-6-9(19)2-4-11(12)15(20)21/h2-8,15H,1H3,(H,24,28)(H,25,26). The molecule has 4 aromatic rings. The van der Waals surface area contributed by atoms with E-state index in [9.17, 15) is 18.0 Å². The number of amides is 1. The first-order chi connectivity index (χ1) is 13.4. The van der Waals surface area contributed by atoms with E-state index < -0.39 is 18.1 Å². The van der Waals surface area contributed by atoms with Crippen LogP contribution in [0.15, 0.2) is 42.7 Å². The molecule has 2 N–H and O–H groups in total. The number of benzene rings is 2. The lowest BCUT2D eigenvalue weighted by molar-refractivity contribution is 0.101. The Labute approximate surface area is 156 Å². The van der Waals surface area contributed by atoms with Gasteiger partial charge in [-0.15, -0.1) is 0 Å². The number of hydrogen-bond acceptors (Lipinski definition) is 4. The van der Waals surface area contributed by atoms with Crippen molar-refractivity contribution in [1.82, 2.24) is 24.7 Å². The lowest BCUT2D eigenvalue weighted by Gasteiger charge is -2.06. The third-order valence-corrected chi connectivity index (χ3v) is 4.16. The van der Waals surface area contributed by atoms with Crippen LogP contribution in [0.1, 0.15) is 22.6 Å². The molecule has 0 radical (unpaired) electrons. The van der Waals surface area contributed by atoms with Crippen LogP contribution in [0.2, 0.25) is 0 Å². The number of halogens is 3. The van der Waals surface area contributed by atoms with E-state index in [1.807, 2.05) is 0 Å². The summed E-state index contributed by atoms with van der Waals surface area (Å²) in [6.45, 7) is 0. The normalized spacial score (nSPS) is 11.3. The van der Waals surface area contributed by atoms with E-state index in [0.717, 1.165) is 18.2 Å². The van der Waals surface area contributed by atoms with Gasteiger partial charge in [0.05, 0.1) is 11.0 Å². The number of hydrogen-bond donors (Lipinski definition) is 2. The van der Waals surface area contributed by atoms with Crippen molar-refractivity contribution in [2.24, 2.45) is 7.05 Å². The minimum Gasteiger partial charge on any atom is -0.338 e. The molecular formula is C18H13F3N6O. The van der Waals surface area contributed by atoms with Crippen LogP contribution in [0.25, 0.3) is 22.4 Å². The summed E-state index contributed by atoms with van der Waals surface area (Å²) in [5.74, 6) is -0.853. The number of fused-ring (bicyclic) bond motifs is 1. The van der Waals surface area contributed by atoms with E-state index in [0.29, 0.717) is 16.7 Å². The van der Waals surface area contributed by atoms with E-state index in [-0.39, 0.29) is 22.8 Å². The highest BCUT2D eigenvalue weighted by Crippen LogP contribution is 2.31. The van der Waals surface area contributed by atoms with Crippen LogP contribution < -0.4 is 5.32 Å². The minimum atomic E-state index is -2.77. The maximum atomic E-state index is 13.6. The van der Waals surface area contributed by atoms with Crippen molar-refractivity contribution in [1.29, 1.82) is 0 Å². The van der Waals surface area contributed by atoms with Gasteiger partial charge in [-0.3, -0.25) is 4.79 Å². The average molecular weight is 386 g/mol. The summed E-state index contributed by atoms with van der Waals surface area (Å²) in [6.07, 6.45) is -1.51. The molecule has 2 aromatic heterocycles. The molecule has 0 saturated carbocycles. The van der Waals surface area contributed by atoms with E-state index >= 15 is 0 Å². The molecule has 0 unspecified atom stereocenters. The summed E-state index contributed by atoms with van der Waals surface area (Å²) in [6, 6.07) is 7.85. The summed E-state index contributed by atoms with van der Waals surface area (Å²) >= 11 is 0. The van der Waals surface area contributed by atoms with Crippen LogP contribution in [-0.2, 0) is 7.05 Å². The lowest BCUT2D eigenvalue weighted by Crippen LogP contribution is -2.17. The quantitative estimate of drug-likeness (QED) is 0.560. The van der Waals surface area contributed by atoms with Crippen LogP contribution >= 0.6 is 0 Å². The highest BCUT2D eigenvalue weighted by Gasteiger charge is 2.18. The molecule has 142 valence electrons. The maximum absolute atomic E-state index is 13.6. The first-order valence-corrected chi connectivity index (χ1v) is 8.15.